The van der Waals surface area contributed by atoms with Gasteiger partial charge in [-0.15, -0.1) is 0 Å². The summed E-state index contributed by atoms with van der Waals surface area (Å²) in [5.74, 6) is -1.09. The van der Waals surface area contributed by atoms with E-state index in [4.69, 9.17) is 9.47 Å². The number of nitrogens with zero attached hydrogens (tertiary/aromatic N) is 1. The van der Waals surface area contributed by atoms with Gasteiger partial charge in [-0.3, -0.25) is 9.59 Å². The molecule has 0 bridgehead atoms. The van der Waals surface area contributed by atoms with Crippen molar-refractivity contribution in [2.45, 2.75) is 38.0 Å². The van der Waals surface area contributed by atoms with Gasteiger partial charge in [-0.2, -0.15) is 13.2 Å². The highest BCUT2D eigenvalue weighted by Crippen LogP contribution is 2.38. The van der Waals surface area contributed by atoms with Crippen molar-refractivity contribution in [2.75, 3.05) is 11.4 Å². The number of hydrogen-bond acceptors (Lipinski definition) is 4. The third-order valence-electron chi connectivity index (χ3n) is 5.72. The maximum atomic E-state index is 13.4. The maximum absolute atomic E-state index is 13.4. The number of alkyl halides is 3. The molecule has 2 saturated heterocycles. The Balaban J connectivity index is 1.52. The monoisotopic (exact) mass is 444 g/mol. The molecule has 2 fully saturated rings. The van der Waals surface area contributed by atoms with E-state index in [0.717, 1.165) is 6.07 Å². The maximum Gasteiger partial charge on any atom is 0.417 e. The number of amides is 1. The molecule has 3 heterocycles. The second-order valence-corrected chi connectivity index (χ2v) is 8.37. The molecule has 166 valence electrons. The fraction of sp³-hybridized carbons (Fsp3) is 0.304. The van der Waals surface area contributed by atoms with Crippen molar-refractivity contribution >= 4 is 22.4 Å². The second kappa shape index (κ2) is 6.91. The van der Waals surface area contributed by atoms with Crippen LogP contribution < -0.4 is 10.5 Å². The Labute approximate surface area is 180 Å². The lowest BCUT2D eigenvalue weighted by Gasteiger charge is -2.23. The second-order valence-electron chi connectivity index (χ2n) is 8.37. The first-order chi connectivity index (χ1) is 15.0. The summed E-state index contributed by atoms with van der Waals surface area (Å²) in [4.78, 5) is 29.6. The van der Waals surface area contributed by atoms with Gasteiger partial charge >= 0.3 is 6.18 Å². The Morgan fingerprint density at radius 2 is 1.81 bits per heavy atom. The highest BCUT2D eigenvalue weighted by molar-refractivity contribution is 6.01. The number of ether oxygens (including phenoxy) is 2. The number of rotatable bonds is 2. The van der Waals surface area contributed by atoms with Gasteiger partial charge in [0.25, 0.3) is 11.5 Å². The number of hydrogen-bond donors (Lipinski definition) is 1. The normalized spacial score (nSPS) is 22.5. The van der Waals surface area contributed by atoms with Crippen LogP contribution in [-0.4, -0.2) is 35.4 Å². The topological polar surface area (TPSA) is 71.6 Å². The Kier molecular flexibility index (Phi) is 4.48. The Hall–Kier alpha value is -3.17. The van der Waals surface area contributed by atoms with E-state index < -0.39 is 35.3 Å². The molecule has 2 aliphatic rings. The smallest absolute Gasteiger partial charge is 0.342 e. The summed E-state index contributed by atoms with van der Waals surface area (Å²) < 4.78 is 51.7. The number of carbonyl (C=O) groups is 1. The summed E-state index contributed by atoms with van der Waals surface area (Å²) in [6.07, 6.45) is -5.67. The van der Waals surface area contributed by atoms with E-state index in [9.17, 15) is 22.8 Å². The SMILES string of the molecule is CC1(C)O[C@@H]2CN(c3ccc4cc(-c5ccccc5C(F)(F)F)[nH]c(=O)c4c3)C(=O)[C@@H]2O1. The van der Waals surface area contributed by atoms with E-state index in [0.29, 0.717) is 11.1 Å². The van der Waals surface area contributed by atoms with Gasteiger partial charge in [-0.05, 0) is 43.5 Å². The van der Waals surface area contributed by atoms with Crippen molar-refractivity contribution in [3.63, 3.8) is 0 Å². The molecule has 1 N–H and O–H groups in total. The predicted molar refractivity (Wildman–Crippen MR) is 111 cm³/mol. The lowest BCUT2D eigenvalue weighted by Crippen LogP contribution is -2.34. The van der Waals surface area contributed by atoms with E-state index in [-0.39, 0.29) is 29.1 Å². The van der Waals surface area contributed by atoms with Crippen molar-refractivity contribution in [1.29, 1.82) is 0 Å². The summed E-state index contributed by atoms with van der Waals surface area (Å²) in [5.41, 5.74) is -0.919. The summed E-state index contributed by atoms with van der Waals surface area (Å²) in [6.45, 7) is 3.77. The van der Waals surface area contributed by atoms with E-state index >= 15 is 0 Å². The molecule has 3 aromatic rings. The van der Waals surface area contributed by atoms with Crippen LogP contribution in [0.3, 0.4) is 0 Å². The van der Waals surface area contributed by atoms with Gasteiger partial charge in [0.2, 0.25) is 0 Å². The van der Waals surface area contributed by atoms with Crippen LogP contribution in [-0.2, 0) is 20.4 Å². The van der Waals surface area contributed by atoms with Gasteiger partial charge in [-0.1, -0.05) is 24.3 Å². The van der Waals surface area contributed by atoms with Gasteiger partial charge in [-0.25, -0.2) is 0 Å². The van der Waals surface area contributed by atoms with Crippen LogP contribution >= 0.6 is 0 Å². The van der Waals surface area contributed by atoms with Crippen LogP contribution in [0.5, 0.6) is 0 Å². The number of carbonyl (C=O) groups excluding carboxylic acids is 1. The minimum Gasteiger partial charge on any atom is -0.342 e. The predicted octanol–water partition coefficient (Wildman–Crippen LogP) is 4.08. The van der Waals surface area contributed by atoms with E-state index in [2.05, 4.69) is 4.98 Å². The standard InChI is InChI=1S/C23H19F3N2O4/c1-22(2)31-18-11-28(21(30)19(18)32-22)13-8-7-12-9-17(27-20(29)15(12)10-13)14-5-3-4-6-16(14)23(24,25)26/h3-10,18-19H,11H2,1-2H3,(H,27,29)/t18-,19-/m1/s1. The third-order valence-corrected chi connectivity index (χ3v) is 5.72. The number of anilines is 1. The Bertz CT molecular complexity index is 1300. The zero-order valence-electron chi connectivity index (χ0n) is 17.2. The Morgan fingerprint density at radius 1 is 1.06 bits per heavy atom. The highest BCUT2D eigenvalue weighted by atomic mass is 19.4. The fourth-order valence-electron chi connectivity index (χ4n) is 4.36. The molecular formula is C23H19F3N2O4. The number of aromatic nitrogens is 1. The number of nitrogens with one attached hydrogen (secondary N) is 1. The lowest BCUT2D eigenvalue weighted by atomic mass is 10.0. The van der Waals surface area contributed by atoms with Gasteiger partial charge in [0.1, 0.15) is 6.10 Å². The van der Waals surface area contributed by atoms with Crippen molar-refractivity contribution in [3.05, 3.63) is 64.4 Å². The number of pyridine rings is 1. The van der Waals surface area contributed by atoms with Crippen molar-refractivity contribution in [2.24, 2.45) is 0 Å². The molecule has 0 saturated carbocycles. The van der Waals surface area contributed by atoms with Crippen LogP contribution in [0.2, 0.25) is 0 Å². The number of fused-ring (bicyclic) bond motifs is 2. The van der Waals surface area contributed by atoms with E-state index in [1.807, 2.05) is 0 Å². The van der Waals surface area contributed by atoms with Crippen LogP contribution in [0.4, 0.5) is 18.9 Å². The molecule has 1 aromatic heterocycles. The van der Waals surface area contributed by atoms with E-state index in [1.165, 1.54) is 29.2 Å². The molecule has 0 aliphatic carbocycles. The summed E-state index contributed by atoms with van der Waals surface area (Å²) >= 11 is 0. The van der Waals surface area contributed by atoms with Crippen molar-refractivity contribution in [3.8, 4) is 11.3 Å². The number of halogens is 3. The molecule has 1 amide bonds. The molecule has 5 rings (SSSR count). The lowest BCUT2D eigenvalue weighted by molar-refractivity contribution is -0.157. The van der Waals surface area contributed by atoms with E-state index in [1.54, 1.807) is 32.0 Å². The quantitative estimate of drug-likeness (QED) is 0.647. The average Bonchev–Trinajstić information content (AvgIpc) is 3.19. The number of H-pyrrole nitrogens is 1. The zero-order valence-corrected chi connectivity index (χ0v) is 17.2. The molecule has 0 spiro atoms. The molecule has 0 unspecified atom stereocenters. The largest absolute Gasteiger partial charge is 0.417 e. The molecule has 2 atom stereocenters. The first kappa shape index (κ1) is 20.7. The fourth-order valence-corrected chi connectivity index (χ4v) is 4.36. The van der Waals surface area contributed by atoms with Crippen LogP contribution in [0.1, 0.15) is 19.4 Å². The average molecular weight is 444 g/mol. The number of benzene rings is 2. The molecule has 2 aromatic carbocycles. The van der Waals surface area contributed by atoms with Gasteiger partial charge in [0.05, 0.1) is 12.1 Å². The molecule has 9 heteroatoms. The van der Waals surface area contributed by atoms with Gasteiger partial charge in [0.15, 0.2) is 11.9 Å². The minimum absolute atomic E-state index is 0.0685. The zero-order chi connectivity index (χ0) is 22.8. The molecule has 0 radical (unpaired) electrons. The summed E-state index contributed by atoms with van der Waals surface area (Å²) in [5, 5.41) is 0.729. The van der Waals surface area contributed by atoms with Crippen LogP contribution in [0.25, 0.3) is 22.0 Å². The molecular weight excluding hydrogens is 425 g/mol. The Morgan fingerprint density at radius 3 is 2.53 bits per heavy atom. The highest BCUT2D eigenvalue weighted by Gasteiger charge is 2.52. The number of aromatic amines is 1. The molecule has 6 nitrogen and oxygen atoms in total. The summed E-state index contributed by atoms with van der Waals surface area (Å²) in [6, 6.07) is 11.4. The van der Waals surface area contributed by atoms with Gasteiger partial charge < -0.3 is 19.4 Å². The minimum atomic E-state index is -4.56. The first-order valence-corrected chi connectivity index (χ1v) is 10.0. The first-order valence-electron chi connectivity index (χ1n) is 10.0. The molecule has 2 aliphatic heterocycles. The van der Waals surface area contributed by atoms with Gasteiger partial charge in [0, 0.05) is 22.3 Å². The van der Waals surface area contributed by atoms with Crippen LogP contribution in [0, 0.1) is 0 Å². The van der Waals surface area contributed by atoms with Crippen molar-refractivity contribution in [1.82, 2.24) is 4.98 Å². The van der Waals surface area contributed by atoms with Crippen LogP contribution in [0.15, 0.2) is 53.3 Å². The third kappa shape index (κ3) is 3.37. The summed E-state index contributed by atoms with van der Waals surface area (Å²) in [7, 11) is 0. The molecule has 32 heavy (non-hydrogen) atoms. The van der Waals surface area contributed by atoms with Crippen molar-refractivity contribution < 1.29 is 27.4 Å².